The van der Waals surface area contributed by atoms with Crippen LogP contribution in [0.1, 0.15) is 32.4 Å². The van der Waals surface area contributed by atoms with Gasteiger partial charge in [0.15, 0.2) is 0 Å². The van der Waals surface area contributed by atoms with Crippen LogP contribution in [-0.4, -0.2) is 39.9 Å². The Morgan fingerprint density at radius 1 is 1.16 bits per heavy atom. The summed E-state index contributed by atoms with van der Waals surface area (Å²) in [5.74, 6) is 1.07. The molecule has 0 aliphatic carbocycles. The molecule has 0 unspecified atom stereocenters. The summed E-state index contributed by atoms with van der Waals surface area (Å²) in [6, 6.07) is 10.8. The standard InChI is InChI=1S/C18H20ClN3O3/c1-18(2,3)25-17(23)22-10-12(11-22)14-8-9-16(21-20-14)24-15-7-5-4-6-13(15)19/h4-9,12H,10-11H2,1-3H3. The molecule has 3 rings (SSSR count). The van der Waals surface area contributed by atoms with E-state index in [1.54, 1.807) is 23.1 Å². The van der Waals surface area contributed by atoms with Crippen LogP contribution in [0.5, 0.6) is 11.6 Å². The molecule has 1 aliphatic heterocycles. The van der Waals surface area contributed by atoms with Crippen molar-refractivity contribution in [3.8, 4) is 11.6 Å². The van der Waals surface area contributed by atoms with Crippen molar-refractivity contribution in [2.24, 2.45) is 0 Å². The number of rotatable bonds is 3. The molecule has 1 aromatic carbocycles. The second-order valence-corrected chi connectivity index (χ2v) is 7.32. The van der Waals surface area contributed by atoms with Gasteiger partial charge in [0.1, 0.15) is 11.4 Å². The first-order valence-corrected chi connectivity index (χ1v) is 8.43. The number of hydrogen-bond acceptors (Lipinski definition) is 5. The van der Waals surface area contributed by atoms with Crippen LogP contribution in [-0.2, 0) is 4.74 Å². The highest BCUT2D eigenvalue weighted by molar-refractivity contribution is 6.32. The lowest BCUT2D eigenvalue weighted by Crippen LogP contribution is -2.50. The Morgan fingerprint density at radius 2 is 1.88 bits per heavy atom. The molecule has 25 heavy (non-hydrogen) atoms. The summed E-state index contributed by atoms with van der Waals surface area (Å²) < 4.78 is 11.0. The normalized spacial score (nSPS) is 14.8. The van der Waals surface area contributed by atoms with Crippen molar-refractivity contribution >= 4 is 17.7 Å². The van der Waals surface area contributed by atoms with Crippen molar-refractivity contribution in [3.05, 3.63) is 47.1 Å². The zero-order chi connectivity index (χ0) is 18.0. The Bertz CT molecular complexity index is 753. The number of halogens is 1. The van der Waals surface area contributed by atoms with Gasteiger partial charge in [-0.15, -0.1) is 5.10 Å². The van der Waals surface area contributed by atoms with E-state index in [9.17, 15) is 4.79 Å². The third-order valence-electron chi connectivity index (χ3n) is 3.66. The fraction of sp³-hybridized carbons (Fsp3) is 0.389. The average molecular weight is 362 g/mol. The lowest BCUT2D eigenvalue weighted by atomic mass is 9.97. The second-order valence-electron chi connectivity index (χ2n) is 6.91. The van der Waals surface area contributed by atoms with E-state index >= 15 is 0 Å². The molecule has 2 heterocycles. The number of nitrogens with zero attached hydrogens (tertiary/aromatic N) is 3. The number of carbonyl (C=O) groups excluding carboxylic acids is 1. The Kier molecular flexibility index (Phi) is 4.81. The summed E-state index contributed by atoms with van der Waals surface area (Å²) in [7, 11) is 0. The van der Waals surface area contributed by atoms with Crippen LogP contribution >= 0.6 is 11.6 Å². The van der Waals surface area contributed by atoms with Crippen LogP contribution in [0.15, 0.2) is 36.4 Å². The molecule has 0 bridgehead atoms. The lowest BCUT2D eigenvalue weighted by molar-refractivity contribution is 0.00779. The van der Waals surface area contributed by atoms with Crippen LogP contribution in [0, 0.1) is 0 Å². The van der Waals surface area contributed by atoms with Crippen LogP contribution in [0.2, 0.25) is 5.02 Å². The third kappa shape index (κ3) is 4.39. The second kappa shape index (κ2) is 6.88. The Balaban J connectivity index is 1.56. The molecular formula is C18H20ClN3O3. The van der Waals surface area contributed by atoms with Crippen LogP contribution in [0.25, 0.3) is 0 Å². The van der Waals surface area contributed by atoms with Gasteiger partial charge in [0.05, 0.1) is 10.7 Å². The third-order valence-corrected chi connectivity index (χ3v) is 3.98. The quantitative estimate of drug-likeness (QED) is 0.817. The van der Waals surface area contributed by atoms with Gasteiger partial charge in [0.25, 0.3) is 0 Å². The summed E-state index contributed by atoms with van der Waals surface area (Å²) >= 11 is 6.06. The molecule has 0 N–H and O–H groups in total. The molecule has 0 radical (unpaired) electrons. The lowest BCUT2D eigenvalue weighted by Gasteiger charge is -2.39. The highest BCUT2D eigenvalue weighted by Crippen LogP contribution is 2.30. The molecule has 1 saturated heterocycles. The largest absolute Gasteiger partial charge is 0.444 e. The van der Waals surface area contributed by atoms with Gasteiger partial charge >= 0.3 is 6.09 Å². The molecule has 0 spiro atoms. The number of carbonyl (C=O) groups is 1. The molecule has 1 fully saturated rings. The minimum absolute atomic E-state index is 0.161. The van der Waals surface area contributed by atoms with Gasteiger partial charge in [-0.3, -0.25) is 0 Å². The van der Waals surface area contributed by atoms with Crippen LogP contribution < -0.4 is 4.74 Å². The van der Waals surface area contributed by atoms with E-state index in [1.807, 2.05) is 39.0 Å². The van der Waals surface area contributed by atoms with E-state index in [1.165, 1.54) is 0 Å². The Morgan fingerprint density at radius 3 is 2.48 bits per heavy atom. The molecule has 6 nitrogen and oxygen atoms in total. The van der Waals surface area contributed by atoms with Crippen molar-refractivity contribution in [3.63, 3.8) is 0 Å². The number of benzene rings is 1. The van der Waals surface area contributed by atoms with Crippen molar-refractivity contribution in [1.29, 1.82) is 0 Å². The van der Waals surface area contributed by atoms with Crippen molar-refractivity contribution < 1.29 is 14.3 Å². The van der Waals surface area contributed by atoms with Crippen LogP contribution in [0.4, 0.5) is 4.79 Å². The molecule has 1 amide bonds. The van der Waals surface area contributed by atoms with Crippen LogP contribution in [0.3, 0.4) is 0 Å². The van der Waals surface area contributed by atoms with Gasteiger partial charge in [0.2, 0.25) is 5.88 Å². The molecule has 1 aromatic heterocycles. The number of hydrogen-bond donors (Lipinski definition) is 0. The molecular weight excluding hydrogens is 342 g/mol. The van der Waals surface area contributed by atoms with E-state index in [-0.39, 0.29) is 12.0 Å². The molecule has 0 atom stereocenters. The van der Waals surface area contributed by atoms with E-state index in [0.717, 1.165) is 5.69 Å². The van der Waals surface area contributed by atoms with E-state index in [0.29, 0.717) is 29.7 Å². The smallest absolute Gasteiger partial charge is 0.410 e. The highest BCUT2D eigenvalue weighted by atomic mass is 35.5. The monoisotopic (exact) mass is 361 g/mol. The predicted octanol–water partition coefficient (Wildman–Crippen LogP) is 4.26. The van der Waals surface area contributed by atoms with Gasteiger partial charge in [0, 0.05) is 25.1 Å². The maximum absolute atomic E-state index is 11.9. The van der Waals surface area contributed by atoms with Crippen molar-refractivity contribution in [2.75, 3.05) is 13.1 Å². The number of para-hydroxylation sites is 1. The number of amides is 1. The first-order valence-electron chi connectivity index (χ1n) is 8.06. The zero-order valence-corrected chi connectivity index (χ0v) is 15.2. The highest BCUT2D eigenvalue weighted by Gasteiger charge is 2.35. The molecule has 132 valence electrons. The summed E-state index contributed by atoms with van der Waals surface area (Å²) in [5.41, 5.74) is 0.339. The van der Waals surface area contributed by atoms with E-state index in [2.05, 4.69) is 10.2 Å². The molecule has 2 aromatic rings. The molecule has 0 saturated carbocycles. The Labute approximate surface area is 151 Å². The van der Waals surface area contributed by atoms with Gasteiger partial charge in [-0.05, 0) is 39.0 Å². The first kappa shape index (κ1) is 17.5. The zero-order valence-electron chi connectivity index (χ0n) is 14.4. The van der Waals surface area contributed by atoms with Gasteiger partial charge in [-0.25, -0.2) is 4.79 Å². The summed E-state index contributed by atoms with van der Waals surface area (Å²) in [6.07, 6.45) is -0.296. The topological polar surface area (TPSA) is 64.5 Å². The minimum atomic E-state index is -0.486. The SMILES string of the molecule is CC(C)(C)OC(=O)N1CC(c2ccc(Oc3ccccc3Cl)nn2)C1. The summed E-state index contributed by atoms with van der Waals surface area (Å²) in [4.78, 5) is 13.6. The van der Waals surface area contributed by atoms with E-state index < -0.39 is 5.60 Å². The van der Waals surface area contributed by atoms with Crippen molar-refractivity contribution in [2.45, 2.75) is 32.3 Å². The minimum Gasteiger partial charge on any atom is -0.444 e. The fourth-order valence-corrected chi connectivity index (χ4v) is 2.56. The molecule has 7 heteroatoms. The fourth-order valence-electron chi connectivity index (χ4n) is 2.38. The maximum atomic E-state index is 11.9. The Hall–Kier alpha value is -2.34. The predicted molar refractivity (Wildman–Crippen MR) is 94.1 cm³/mol. The van der Waals surface area contributed by atoms with Gasteiger partial charge in [-0.1, -0.05) is 23.7 Å². The van der Waals surface area contributed by atoms with E-state index in [4.69, 9.17) is 21.1 Å². The number of ether oxygens (including phenoxy) is 2. The van der Waals surface area contributed by atoms with Gasteiger partial charge in [-0.2, -0.15) is 5.10 Å². The first-order chi connectivity index (χ1) is 11.8. The number of likely N-dealkylation sites (tertiary alicyclic amines) is 1. The summed E-state index contributed by atoms with van der Waals surface area (Å²) in [5, 5.41) is 8.79. The average Bonchev–Trinajstić information content (AvgIpc) is 2.48. The number of aromatic nitrogens is 2. The summed E-state index contributed by atoms with van der Waals surface area (Å²) in [6.45, 7) is 6.71. The van der Waals surface area contributed by atoms with Gasteiger partial charge < -0.3 is 14.4 Å². The maximum Gasteiger partial charge on any atom is 0.410 e. The molecule has 1 aliphatic rings. The van der Waals surface area contributed by atoms with Crippen molar-refractivity contribution in [1.82, 2.24) is 15.1 Å².